The number of carbonyl (C=O) groups excluding carboxylic acids is 1. The lowest BCUT2D eigenvalue weighted by Crippen LogP contribution is -2.18. The minimum atomic E-state index is 0.0734. The first-order valence-electron chi connectivity index (χ1n) is 10.6. The molecule has 1 aliphatic rings. The maximum atomic E-state index is 11.5. The molecule has 30 heavy (non-hydrogen) atoms. The average Bonchev–Trinajstić information content (AvgIpc) is 3.17. The Balaban J connectivity index is 1.17. The van der Waals surface area contributed by atoms with Crippen LogP contribution in [0.2, 0.25) is 0 Å². The highest BCUT2D eigenvalue weighted by molar-refractivity contribution is 5.94. The number of unbranched alkanes of at least 4 members (excludes halogenated alkanes) is 1. The molecule has 1 amide bonds. The van der Waals surface area contributed by atoms with Crippen LogP contribution in [0.5, 0.6) is 11.5 Å². The van der Waals surface area contributed by atoms with Crippen LogP contribution in [0.3, 0.4) is 0 Å². The Morgan fingerprint density at radius 1 is 1.10 bits per heavy atom. The van der Waals surface area contributed by atoms with Crippen LogP contribution in [0.15, 0.2) is 46.9 Å². The van der Waals surface area contributed by atoms with E-state index in [0.29, 0.717) is 26.2 Å². The number of fused-ring (bicyclic) bond motifs is 2. The first-order chi connectivity index (χ1) is 14.7. The number of nitrogens with one attached hydrogen (secondary N) is 2. The Hall–Kier alpha value is -2.99. The molecule has 2 N–H and O–H groups in total. The molecule has 1 aromatic heterocycles. The number of anilines is 1. The molecule has 2 aromatic carbocycles. The van der Waals surface area contributed by atoms with Crippen LogP contribution < -0.4 is 20.1 Å². The minimum absolute atomic E-state index is 0.0734. The van der Waals surface area contributed by atoms with Crippen molar-refractivity contribution in [2.45, 2.75) is 39.2 Å². The van der Waals surface area contributed by atoms with Crippen LogP contribution >= 0.6 is 0 Å². The molecule has 6 nitrogen and oxygen atoms in total. The second-order valence-electron chi connectivity index (χ2n) is 7.42. The molecule has 0 fully saturated rings. The van der Waals surface area contributed by atoms with E-state index in [1.807, 2.05) is 43.3 Å². The fourth-order valence-electron chi connectivity index (χ4n) is 3.64. The third-order valence-electron chi connectivity index (χ3n) is 5.15. The van der Waals surface area contributed by atoms with Gasteiger partial charge < -0.3 is 24.5 Å². The molecule has 0 spiro atoms. The topological polar surface area (TPSA) is 72.7 Å². The number of para-hydroxylation sites is 1. The highest BCUT2D eigenvalue weighted by Crippen LogP contribution is 2.29. The second-order valence-corrected chi connectivity index (χ2v) is 7.42. The lowest BCUT2D eigenvalue weighted by molar-refractivity contribution is -0.116. The summed E-state index contributed by atoms with van der Waals surface area (Å²) in [6.07, 6.45) is 3.31. The van der Waals surface area contributed by atoms with Crippen molar-refractivity contribution in [1.29, 1.82) is 0 Å². The van der Waals surface area contributed by atoms with Crippen LogP contribution in [0, 0.1) is 0 Å². The first-order valence-corrected chi connectivity index (χ1v) is 10.6. The zero-order valence-electron chi connectivity index (χ0n) is 17.3. The van der Waals surface area contributed by atoms with E-state index in [2.05, 4.69) is 16.7 Å². The molecule has 0 saturated carbocycles. The highest BCUT2D eigenvalue weighted by atomic mass is 16.5. The van der Waals surface area contributed by atoms with Gasteiger partial charge in [-0.1, -0.05) is 18.2 Å². The number of carbonyl (C=O) groups is 1. The summed E-state index contributed by atoms with van der Waals surface area (Å²) >= 11 is 0. The van der Waals surface area contributed by atoms with Crippen LogP contribution in [0.4, 0.5) is 5.69 Å². The molecule has 6 heteroatoms. The summed E-state index contributed by atoms with van der Waals surface area (Å²) in [7, 11) is 0. The summed E-state index contributed by atoms with van der Waals surface area (Å²) in [5.74, 6) is 2.57. The molecule has 0 radical (unpaired) electrons. The predicted molar refractivity (Wildman–Crippen MR) is 117 cm³/mol. The Morgan fingerprint density at radius 3 is 2.93 bits per heavy atom. The van der Waals surface area contributed by atoms with Crippen molar-refractivity contribution in [2.24, 2.45) is 0 Å². The largest absolute Gasteiger partial charge is 0.494 e. The second kappa shape index (κ2) is 9.67. The molecule has 3 aromatic rings. The Morgan fingerprint density at radius 2 is 2.03 bits per heavy atom. The fraction of sp³-hybridized carbons (Fsp3) is 0.375. The van der Waals surface area contributed by atoms with Crippen molar-refractivity contribution in [3.05, 3.63) is 53.8 Å². The molecule has 158 valence electrons. The number of benzene rings is 2. The standard InChI is InChI=1S/C24H28N2O4/c1-2-28-22-7-5-6-18-14-20(30-24(18)22)16-25-12-3-4-13-29-19-10-8-17-9-11-23(27)26-21(17)15-19/h5-8,10,14-15,25H,2-4,9,11-13,16H2,1H3,(H,26,27). The maximum Gasteiger partial charge on any atom is 0.224 e. The number of ether oxygens (including phenoxy) is 2. The maximum absolute atomic E-state index is 11.5. The van der Waals surface area contributed by atoms with Crippen LogP contribution in [0.1, 0.15) is 37.5 Å². The number of amides is 1. The van der Waals surface area contributed by atoms with Crippen molar-refractivity contribution >= 4 is 22.6 Å². The third kappa shape index (κ3) is 4.94. The van der Waals surface area contributed by atoms with Crippen LogP contribution in [-0.2, 0) is 17.8 Å². The summed E-state index contributed by atoms with van der Waals surface area (Å²) in [5.41, 5.74) is 2.86. The molecule has 1 aliphatic heterocycles. The van der Waals surface area contributed by atoms with Crippen LogP contribution in [0.25, 0.3) is 11.0 Å². The molecular formula is C24H28N2O4. The number of aryl methyl sites for hydroxylation is 1. The van der Waals surface area contributed by atoms with Gasteiger partial charge in [-0.25, -0.2) is 0 Å². The predicted octanol–water partition coefficient (Wildman–Crippen LogP) is 4.67. The van der Waals surface area contributed by atoms with E-state index < -0.39 is 0 Å². The molecular weight excluding hydrogens is 380 g/mol. The van der Waals surface area contributed by atoms with Crippen molar-refractivity contribution in [2.75, 3.05) is 25.1 Å². The molecule has 0 aliphatic carbocycles. The van der Waals surface area contributed by atoms with E-state index in [0.717, 1.165) is 59.7 Å². The van der Waals surface area contributed by atoms with E-state index in [9.17, 15) is 4.79 Å². The summed E-state index contributed by atoms with van der Waals surface area (Å²) < 4.78 is 17.4. The van der Waals surface area contributed by atoms with Gasteiger partial charge in [0, 0.05) is 23.6 Å². The molecule has 0 atom stereocenters. The van der Waals surface area contributed by atoms with Gasteiger partial charge in [0.15, 0.2) is 11.3 Å². The quantitative estimate of drug-likeness (QED) is 0.477. The molecule has 2 heterocycles. The summed E-state index contributed by atoms with van der Waals surface area (Å²) in [6, 6.07) is 13.9. The average molecular weight is 408 g/mol. The van der Waals surface area contributed by atoms with Gasteiger partial charge in [-0.15, -0.1) is 0 Å². The molecule has 4 rings (SSSR count). The van der Waals surface area contributed by atoms with Crippen molar-refractivity contribution in [3.8, 4) is 11.5 Å². The number of rotatable bonds is 10. The molecule has 0 unspecified atom stereocenters. The molecule has 0 saturated heterocycles. The smallest absolute Gasteiger partial charge is 0.224 e. The normalized spacial score (nSPS) is 13.2. The van der Waals surface area contributed by atoms with Gasteiger partial charge in [-0.05, 0) is 56.5 Å². The Labute approximate surface area is 176 Å². The summed E-state index contributed by atoms with van der Waals surface area (Å²) in [5, 5.41) is 7.39. The van der Waals surface area contributed by atoms with Gasteiger partial charge >= 0.3 is 0 Å². The van der Waals surface area contributed by atoms with Gasteiger partial charge in [0.05, 0.1) is 19.8 Å². The van der Waals surface area contributed by atoms with Gasteiger partial charge in [-0.3, -0.25) is 4.79 Å². The third-order valence-corrected chi connectivity index (χ3v) is 5.15. The van der Waals surface area contributed by atoms with E-state index >= 15 is 0 Å². The zero-order valence-corrected chi connectivity index (χ0v) is 17.3. The van der Waals surface area contributed by atoms with E-state index in [-0.39, 0.29) is 5.91 Å². The van der Waals surface area contributed by atoms with Crippen molar-refractivity contribution < 1.29 is 18.7 Å². The Bertz CT molecular complexity index is 1010. The number of hydrogen-bond donors (Lipinski definition) is 2. The summed E-state index contributed by atoms with van der Waals surface area (Å²) in [6.45, 7) is 4.81. The van der Waals surface area contributed by atoms with Gasteiger partial charge in [0.1, 0.15) is 11.5 Å². The van der Waals surface area contributed by atoms with Gasteiger partial charge in [0.25, 0.3) is 0 Å². The van der Waals surface area contributed by atoms with Gasteiger partial charge in [0.2, 0.25) is 5.91 Å². The Kier molecular flexibility index (Phi) is 6.54. The fourth-order valence-corrected chi connectivity index (χ4v) is 3.64. The number of hydrogen-bond acceptors (Lipinski definition) is 5. The van der Waals surface area contributed by atoms with E-state index in [4.69, 9.17) is 13.9 Å². The summed E-state index contributed by atoms with van der Waals surface area (Å²) in [4.78, 5) is 11.5. The van der Waals surface area contributed by atoms with Crippen molar-refractivity contribution in [1.82, 2.24) is 5.32 Å². The monoisotopic (exact) mass is 408 g/mol. The van der Waals surface area contributed by atoms with Gasteiger partial charge in [-0.2, -0.15) is 0 Å². The van der Waals surface area contributed by atoms with Crippen LogP contribution in [-0.4, -0.2) is 25.7 Å². The first kappa shape index (κ1) is 20.3. The highest BCUT2D eigenvalue weighted by Gasteiger charge is 2.15. The zero-order chi connectivity index (χ0) is 20.8. The lowest BCUT2D eigenvalue weighted by atomic mass is 10.0. The van der Waals surface area contributed by atoms with Crippen molar-refractivity contribution in [3.63, 3.8) is 0 Å². The van der Waals surface area contributed by atoms with E-state index in [1.54, 1.807) is 0 Å². The molecule has 0 bridgehead atoms. The SMILES string of the molecule is CCOc1cccc2cc(CNCCCCOc3ccc4c(c3)NC(=O)CC4)oc12. The minimum Gasteiger partial charge on any atom is -0.494 e. The van der Waals surface area contributed by atoms with E-state index in [1.165, 1.54) is 5.56 Å². The number of furan rings is 1. The lowest BCUT2D eigenvalue weighted by Gasteiger charge is -2.17.